The summed E-state index contributed by atoms with van der Waals surface area (Å²) >= 11 is 0. The molecule has 1 aliphatic rings. The molecule has 37 heavy (non-hydrogen) atoms. The van der Waals surface area contributed by atoms with Crippen molar-refractivity contribution in [1.82, 2.24) is 24.2 Å². The molecule has 0 aliphatic carbocycles. The number of rotatable bonds is 4. The monoisotopic (exact) mass is 481 g/mol. The molecule has 6 aromatic rings. The quantitative estimate of drug-likeness (QED) is 0.303. The Labute approximate surface area is 213 Å². The van der Waals surface area contributed by atoms with Crippen molar-refractivity contribution in [2.24, 2.45) is 9.98 Å². The molecule has 0 saturated heterocycles. The van der Waals surface area contributed by atoms with E-state index in [0.717, 1.165) is 28.5 Å². The largest absolute Gasteiger partial charge is 0.326 e. The predicted octanol–water partition coefficient (Wildman–Crippen LogP) is 6.17. The van der Waals surface area contributed by atoms with Gasteiger partial charge in [0, 0.05) is 34.6 Å². The van der Waals surface area contributed by atoms with Gasteiger partial charge in [-0.1, -0.05) is 66.7 Å². The molecule has 0 bridgehead atoms. The summed E-state index contributed by atoms with van der Waals surface area (Å²) in [6, 6.07) is 35.6. The third-order valence-electron chi connectivity index (χ3n) is 6.80. The van der Waals surface area contributed by atoms with E-state index in [2.05, 4.69) is 102 Å². The van der Waals surface area contributed by atoms with E-state index in [1.165, 1.54) is 21.8 Å². The summed E-state index contributed by atoms with van der Waals surface area (Å²) in [7, 11) is 1.95. The maximum absolute atomic E-state index is 4.63. The minimum atomic E-state index is -0.338. The topological polar surface area (TPSA) is 63.6 Å². The molecule has 2 aromatic heterocycles. The Kier molecular flexibility index (Phi) is 4.92. The van der Waals surface area contributed by atoms with Crippen molar-refractivity contribution in [3.05, 3.63) is 103 Å². The summed E-state index contributed by atoms with van der Waals surface area (Å²) in [5, 5.41) is 11.7. The van der Waals surface area contributed by atoms with Crippen molar-refractivity contribution in [3.63, 3.8) is 0 Å². The lowest BCUT2D eigenvalue weighted by molar-refractivity contribution is 0.296. The molecule has 7 rings (SSSR count). The van der Waals surface area contributed by atoms with Crippen LogP contribution in [0.25, 0.3) is 50.3 Å². The molecule has 0 spiro atoms. The predicted molar refractivity (Wildman–Crippen MR) is 149 cm³/mol. The van der Waals surface area contributed by atoms with Gasteiger partial charge in [-0.05, 0) is 36.4 Å². The SMILES string of the molecule is CN1C=NC=NC1n1c(-c2ccccc2)nnc1-c1ccc(-n2c3ccccc3c3ccccc32)cc1. The standard InChI is InChI=1S/C30H23N7/c1-35-20-31-19-32-30(35)37-28(21-9-3-2-4-10-21)33-34-29(37)22-15-17-23(18-16-22)36-26-13-7-5-11-24(26)25-12-6-8-14-27(25)36/h2-20,30H,1H3. The van der Waals surface area contributed by atoms with Crippen LogP contribution in [0.4, 0.5) is 0 Å². The molecule has 0 saturated carbocycles. The summed E-state index contributed by atoms with van der Waals surface area (Å²) in [6.45, 7) is 0. The number of aliphatic imine (C=N–C) groups is 2. The zero-order valence-electron chi connectivity index (χ0n) is 20.2. The Morgan fingerprint density at radius 2 is 1.19 bits per heavy atom. The number of aromatic nitrogens is 4. The highest BCUT2D eigenvalue weighted by molar-refractivity contribution is 6.09. The molecule has 0 fully saturated rings. The van der Waals surface area contributed by atoms with Crippen LogP contribution in [0, 0.1) is 0 Å². The first kappa shape index (κ1) is 21.3. The van der Waals surface area contributed by atoms with Gasteiger partial charge in [0.2, 0.25) is 6.29 Å². The van der Waals surface area contributed by atoms with Crippen LogP contribution in [0.2, 0.25) is 0 Å². The lowest BCUT2D eigenvalue weighted by Crippen LogP contribution is -2.30. The Morgan fingerprint density at radius 1 is 0.622 bits per heavy atom. The number of hydrogen-bond donors (Lipinski definition) is 0. The van der Waals surface area contributed by atoms with Crippen molar-refractivity contribution >= 4 is 34.5 Å². The lowest BCUT2D eigenvalue weighted by Gasteiger charge is -2.27. The minimum Gasteiger partial charge on any atom is -0.326 e. The number of benzene rings is 4. The zero-order valence-corrected chi connectivity index (χ0v) is 20.2. The Hall–Kier alpha value is -5.04. The third-order valence-corrected chi connectivity index (χ3v) is 6.80. The van der Waals surface area contributed by atoms with Gasteiger partial charge in [-0.25, -0.2) is 9.98 Å². The highest BCUT2D eigenvalue weighted by Gasteiger charge is 2.25. The summed E-state index contributed by atoms with van der Waals surface area (Å²) in [4.78, 5) is 10.7. The fourth-order valence-corrected chi connectivity index (χ4v) is 5.10. The third kappa shape index (κ3) is 3.43. The van der Waals surface area contributed by atoms with E-state index in [-0.39, 0.29) is 6.29 Å². The van der Waals surface area contributed by atoms with Crippen molar-refractivity contribution in [1.29, 1.82) is 0 Å². The maximum Gasteiger partial charge on any atom is 0.207 e. The van der Waals surface area contributed by atoms with E-state index in [9.17, 15) is 0 Å². The Bertz CT molecular complexity index is 1740. The molecule has 4 aromatic carbocycles. The lowest BCUT2D eigenvalue weighted by atomic mass is 10.1. The summed E-state index contributed by atoms with van der Waals surface area (Å²) in [5.74, 6) is 1.50. The van der Waals surface area contributed by atoms with E-state index >= 15 is 0 Å². The molecule has 7 nitrogen and oxygen atoms in total. The van der Waals surface area contributed by atoms with Gasteiger partial charge in [-0.15, -0.1) is 10.2 Å². The van der Waals surface area contributed by atoms with Gasteiger partial charge in [0.05, 0.1) is 17.4 Å². The maximum atomic E-state index is 4.63. The summed E-state index contributed by atoms with van der Waals surface area (Å²) in [5.41, 5.74) is 5.40. The molecule has 0 radical (unpaired) electrons. The number of fused-ring (bicyclic) bond motifs is 3. The first-order valence-corrected chi connectivity index (χ1v) is 12.2. The van der Waals surface area contributed by atoms with Crippen LogP contribution in [0.15, 0.2) is 113 Å². The van der Waals surface area contributed by atoms with Gasteiger partial charge in [0.15, 0.2) is 11.6 Å². The van der Waals surface area contributed by atoms with Crippen LogP contribution in [0.3, 0.4) is 0 Å². The molecular formula is C30H23N7. The number of para-hydroxylation sites is 2. The fraction of sp³-hybridized carbons (Fsp3) is 0.0667. The second-order valence-corrected chi connectivity index (χ2v) is 9.04. The summed E-state index contributed by atoms with van der Waals surface area (Å²) < 4.78 is 4.37. The molecule has 1 aliphatic heterocycles. The minimum absolute atomic E-state index is 0.338. The zero-order chi connectivity index (χ0) is 24.8. The summed E-state index contributed by atoms with van der Waals surface area (Å²) in [6.07, 6.45) is 3.01. The smallest absolute Gasteiger partial charge is 0.207 e. The van der Waals surface area contributed by atoms with Gasteiger partial charge in [0.1, 0.15) is 6.34 Å². The van der Waals surface area contributed by atoms with Crippen molar-refractivity contribution in [2.75, 3.05) is 7.05 Å². The normalized spacial score (nSPS) is 15.2. The van der Waals surface area contributed by atoms with Crippen LogP contribution in [0.1, 0.15) is 6.29 Å². The average molecular weight is 482 g/mol. The molecular weight excluding hydrogens is 458 g/mol. The van der Waals surface area contributed by atoms with Crippen LogP contribution >= 0.6 is 0 Å². The molecule has 7 heteroatoms. The van der Waals surface area contributed by atoms with Crippen LogP contribution in [-0.4, -0.2) is 44.0 Å². The van der Waals surface area contributed by atoms with Gasteiger partial charge >= 0.3 is 0 Å². The highest BCUT2D eigenvalue weighted by Crippen LogP contribution is 2.34. The van der Waals surface area contributed by atoms with E-state index in [1.54, 1.807) is 12.7 Å². The van der Waals surface area contributed by atoms with Gasteiger partial charge in [-0.3, -0.25) is 4.57 Å². The van der Waals surface area contributed by atoms with Crippen molar-refractivity contribution in [2.45, 2.75) is 6.29 Å². The first-order chi connectivity index (χ1) is 18.3. The van der Waals surface area contributed by atoms with E-state index < -0.39 is 0 Å². The van der Waals surface area contributed by atoms with Crippen molar-refractivity contribution in [3.8, 4) is 28.5 Å². The molecule has 178 valence electrons. The molecule has 0 amide bonds. The van der Waals surface area contributed by atoms with Gasteiger partial charge in [0.25, 0.3) is 0 Å². The van der Waals surface area contributed by atoms with Gasteiger partial charge in [-0.2, -0.15) is 0 Å². The fourth-order valence-electron chi connectivity index (χ4n) is 5.10. The molecule has 3 heterocycles. The van der Waals surface area contributed by atoms with Crippen molar-refractivity contribution < 1.29 is 0 Å². The van der Waals surface area contributed by atoms with Gasteiger partial charge < -0.3 is 9.47 Å². The Morgan fingerprint density at radius 3 is 1.81 bits per heavy atom. The van der Waals surface area contributed by atoms with E-state index in [0.29, 0.717) is 0 Å². The average Bonchev–Trinajstić information content (AvgIpc) is 3.54. The number of hydrogen-bond acceptors (Lipinski definition) is 5. The highest BCUT2D eigenvalue weighted by atomic mass is 15.4. The second kappa shape index (κ2) is 8.57. The second-order valence-electron chi connectivity index (χ2n) is 9.04. The van der Waals surface area contributed by atoms with Crippen LogP contribution in [0.5, 0.6) is 0 Å². The van der Waals surface area contributed by atoms with E-state index in [4.69, 9.17) is 0 Å². The number of nitrogens with zero attached hydrogens (tertiary/aromatic N) is 7. The molecule has 1 unspecified atom stereocenters. The van der Waals surface area contributed by atoms with Crippen LogP contribution < -0.4 is 0 Å². The van der Waals surface area contributed by atoms with E-state index in [1.807, 2.05) is 42.3 Å². The Balaban J connectivity index is 1.37. The first-order valence-electron chi connectivity index (χ1n) is 12.2. The molecule has 0 N–H and O–H groups in total. The van der Waals surface area contributed by atoms with Crippen LogP contribution in [-0.2, 0) is 0 Å². The molecule has 1 atom stereocenters.